The second-order valence-electron chi connectivity index (χ2n) is 4.74. The standard InChI is InChI=1S/C13H21N5O/c1-17-6-8-18(9-7-17)12-10-11(2-4-15-12)13(19)16-5-3-14/h2,4,10H,3,5-9,14H2,1H3,(H,16,19). The van der Waals surface area contributed by atoms with Gasteiger partial charge < -0.3 is 20.9 Å². The van der Waals surface area contributed by atoms with Crippen LogP contribution in [0.2, 0.25) is 0 Å². The molecule has 2 heterocycles. The lowest BCUT2D eigenvalue weighted by Gasteiger charge is -2.33. The van der Waals surface area contributed by atoms with Crippen molar-refractivity contribution in [3.63, 3.8) is 0 Å². The maximum atomic E-state index is 11.9. The Morgan fingerprint density at radius 1 is 1.42 bits per heavy atom. The van der Waals surface area contributed by atoms with Crippen LogP contribution in [0.25, 0.3) is 0 Å². The Bertz CT molecular complexity index is 429. The molecule has 2 rings (SSSR count). The molecule has 0 spiro atoms. The van der Waals surface area contributed by atoms with E-state index in [4.69, 9.17) is 5.73 Å². The first-order valence-corrected chi connectivity index (χ1v) is 6.58. The summed E-state index contributed by atoms with van der Waals surface area (Å²) in [6.45, 7) is 4.86. The van der Waals surface area contributed by atoms with Gasteiger partial charge in [0.05, 0.1) is 0 Å². The SMILES string of the molecule is CN1CCN(c2cc(C(=O)NCCN)ccn2)CC1. The number of rotatable bonds is 4. The quantitative estimate of drug-likeness (QED) is 0.767. The van der Waals surface area contributed by atoms with Gasteiger partial charge in [0.15, 0.2) is 0 Å². The van der Waals surface area contributed by atoms with Gasteiger partial charge in [0.1, 0.15) is 5.82 Å². The number of hydrogen-bond donors (Lipinski definition) is 2. The van der Waals surface area contributed by atoms with Crippen molar-refractivity contribution in [3.8, 4) is 0 Å². The Balaban J connectivity index is 2.04. The Kier molecular flexibility index (Phi) is 4.70. The summed E-state index contributed by atoms with van der Waals surface area (Å²) in [5, 5.41) is 2.77. The minimum Gasteiger partial charge on any atom is -0.354 e. The monoisotopic (exact) mass is 263 g/mol. The second kappa shape index (κ2) is 6.49. The van der Waals surface area contributed by atoms with E-state index in [1.54, 1.807) is 12.3 Å². The highest BCUT2D eigenvalue weighted by Crippen LogP contribution is 2.14. The molecule has 1 fully saturated rings. The van der Waals surface area contributed by atoms with E-state index in [9.17, 15) is 4.79 Å². The molecule has 6 nitrogen and oxygen atoms in total. The Morgan fingerprint density at radius 3 is 2.84 bits per heavy atom. The largest absolute Gasteiger partial charge is 0.354 e. The van der Waals surface area contributed by atoms with E-state index in [0.717, 1.165) is 32.0 Å². The van der Waals surface area contributed by atoms with Crippen LogP contribution in [0.3, 0.4) is 0 Å². The zero-order chi connectivity index (χ0) is 13.7. The van der Waals surface area contributed by atoms with Gasteiger partial charge in [0, 0.05) is 51.0 Å². The number of nitrogens with two attached hydrogens (primary N) is 1. The minimum absolute atomic E-state index is 0.0942. The second-order valence-corrected chi connectivity index (χ2v) is 4.74. The predicted octanol–water partition coefficient (Wildman–Crippen LogP) is -0.478. The summed E-state index contributed by atoms with van der Waals surface area (Å²) < 4.78 is 0. The average molecular weight is 263 g/mol. The zero-order valence-corrected chi connectivity index (χ0v) is 11.3. The molecule has 0 aliphatic carbocycles. The van der Waals surface area contributed by atoms with Crippen molar-refractivity contribution in [2.24, 2.45) is 5.73 Å². The first-order chi connectivity index (χ1) is 9.20. The molecular weight excluding hydrogens is 242 g/mol. The number of anilines is 1. The molecule has 1 saturated heterocycles. The fourth-order valence-electron chi connectivity index (χ4n) is 2.06. The third-order valence-electron chi connectivity index (χ3n) is 3.26. The van der Waals surface area contributed by atoms with E-state index >= 15 is 0 Å². The van der Waals surface area contributed by atoms with Gasteiger partial charge in [0.25, 0.3) is 5.91 Å². The van der Waals surface area contributed by atoms with E-state index in [1.807, 2.05) is 6.07 Å². The summed E-state index contributed by atoms with van der Waals surface area (Å²) in [6.07, 6.45) is 1.69. The molecule has 1 aromatic rings. The van der Waals surface area contributed by atoms with Crippen LogP contribution in [0.4, 0.5) is 5.82 Å². The highest BCUT2D eigenvalue weighted by atomic mass is 16.1. The molecule has 3 N–H and O–H groups in total. The molecule has 1 aliphatic rings. The predicted molar refractivity (Wildman–Crippen MR) is 75.3 cm³/mol. The summed E-state index contributed by atoms with van der Waals surface area (Å²) in [7, 11) is 2.11. The van der Waals surface area contributed by atoms with E-state index in [1.165, 1.54) is 0 Å². The Morgan fingerprint density at radius 2 is 2.16 bits per heavy atom. The molecule has 1 aliphatic heterocycles. The normalized spacial score (nSPS) is 16.4. The fraction of sp³-hybridized carbons (Fsp3) is 0.538. The molecule has 6 heteroatoms. The summed E-state index contributed by atoms with van der Waals surface area (Å²) in [5.74, 6) is 0.775. The van der Waals surface area contributed by atoms with Crippen LogP contribution in [0, 0.1) is 0 Å². The van der Waals surface area contributed by atoms with Gasteiger partial charge in [-0.15, -0.1) is 0 Å². The number of piperazine rings is 1. The summed E-state index contributed by atoms with van der Waals surface area (Å²) in [4.78, 5) is 20.7. The number of aromatic nitrogens is 1. The average Bonchev–Trinajstić information content (AvgIpc) is 2.45. The molecule has 1 aromatic heterocycles. The van der Waals surface area contributed by atoms with Crippen LogP contribution in [-0.2, 0) is 0 Å². The van der Waals surface area contributed by atoms with Crippen LogP contribution in [0.5, 0.6) is 0 Å². The Hall–Kier alpha value is -1.66. The van der Waals surface area contributed by atoms with Crippen molar-refractivity contribution in [2.45, 2.75) is 0 Å². The van der Waals surface area contributed by atoms with Crippen LogP contribution < -0.4 is 16.0 Å². The van der Waals surface area contributed by atoms with Gasteiger partial charge in [0.2, 0.25) is 0 Å². The van der Waals surface area contributed by atoms with Gasteiger partial charge >= 0.3 is 0 Å². The van der Waals surface area contributed by atoms with Gasteiger partial charge in [-0.25, -0.2) is 4.98 Å². The Labute approximate surface area is 113 Å². The number of hydrogen-bond acceptors (Lipinski definition) is 5. The van der Waals surface area contributed by atoms with Crippen LogP contribution in [-0.4, -0.2) is 62.1 Å². The van der Waals surface area contributed by atoms with E-state index in [-0.39, 0.29) is 5.91 Å². The van der Waals surface area contributed by atoms with Crippen molar-refractivity contribution in [1.82, 2.24) is 15.2 Å². The van der Waals surface area contributed by atoms with Crippen LogP contribution >= 0.6 is 0 Å². The van der Waals surface area contributed by atoms with Crippen molar-refractivity contribution in [3.05, 3.63) is 23.9 Å². The molecular formula is C13H21N5O. The van der Waals surface area contributed by atoms with E-state index in [0.29, 0.717) is 18.7 Å². The molecule has 0 aromatic carbocycles. The smallest absolute Gasteiger partial charge is 0.251 e. The maximum Gasteiger partial charge on any atom is 0.251 e. The lowest BCUT2D eigenvalue weighted by atomic mass is 10.2. The number of pyridine rings is 1. The first kappa shape index (κ1) is 13.8. The molecule has 1 amide bonds. The van der Waals surface area contributed by atoms with Crippen molar-refractivity contribution in [1.29, 1.82) is 0 Å². The molecule has 0 unspecified atom stereocenters. The molecule has 0 saturated carbocycles. The summed E-state index contributed by atoms with van der Waals surface area (Å²) in [5.41, 5.74) is 6.01. The number of amides is 1. The highest BCUT2D eigenvalue weighted by Gasteiger charge is 2.16. The lowest BCUT2D eigenvalue weighted by molar-refractivity contribution is 0.0954. The number of nitrogens with zero attached hydrogens (tertiary/aromatic N) is 3. The minimum atomic E-state index is -0.0942. The van der Waals surface area contributed by atoms with Crippen molar-refractivity contribution >= 4 is 11.7 Å². The van der Waals surface area contributed by atoms with Crippen molar-refractivity contribution < 1.29 is 4.79 Å². The summed E-state index contributed by atoms with van der Waals surface area (Å²) >= 11 is 0. The molecule has 104 valence electrons. The number of likely N-dealkylation sites (N-methyl/N-ethyl adjacent to an activating group) is 1. The van der Waals surface area contributed by atoms with Gasteiger partial charge in [-0.05, 0) is 19.2 Å². The van der Waals surface area contributed by atoms with Crippen molar-refractivity contribution in [2.75, 3.05) is 51.2 Å². The lowest BCUT2D eigenvalue weighted by Crippen LogP contribution is -2.44. The molecule has 0 bridgehead atoms. The van der Waals surface area contributed by atoms with E-state index < -0.39 is 0 Å². The third kappa shape index (κ3) is 3.65. The molecule has 19 heavy (non-hydrogen) atoms. The summed E-state index contributed by atoms with van der Waals surface area (Å²) in [6, 6.07) is 3.57. The number of carbonyl (C=O) groups excluding carboxylic acids is 1. The number of nitrogens with one attached hydrogen (secondary N) is 1. The maximum absolute atomic E-state index is 11.9. The fourth-order valence-corrected chi connectivity index (χ4v) is 2.06. The van der Waals surface area contributed by atoms with Crippen LogP contribution in [0.1, 0.15) is 10.4 Å². The molecule has 0 radical (unpaired) electrons. The highest BCUT2D eigenvalue weighted by molar-refractivity contribution is 5.94. The first-order valence-electron chi connectivity index (χ1n) is 6.58. The third-order valence-corrected chi connectivity index (χ3v) is 3.26. The van der Waals surface area contributed by atoms with E-state index in [2.05, 4.69) is 27.1 Å². The zero-order valence-electron chi connectivity index (χ0n) is 11.3. The van der Waals surface area contributed by atoms with Gasteiger partial charge in [-0.1, -0.05) is 0 Å². The number of carbonyl (C=O) groups is 1. The van der Waals surface area contributed by atoms with Gasteiger partial charge in [-0.3, -0.25) is 4.79 Å². The topological polar surface area (TPSA) is 74.5 Å². The van der Waals surface area contributed by atoms with Gasteiger partial charge in [-0.2, -0.15) is 0 Å². The van der Waals surface area contributed by atoms with Crippen LogP contribution in [0.15, 0.2) is 18.3 Å². The molecule has 0 atom stereocenters.